The van der Waals surface area contributed by atoms with Crippen LogP contribution in [0.25, 0.3) is 21.8 Å². The quantitative estimate of drug-likeness (QED) is 0.0444. The number of ether oxygens (including phenoxy) is 4. The van der Waals surface area contributed by atoms with Gasteiger partial charge in [-0.2, -0.15) is 0 Å². The molecule has 0 bridgehead atoms. The molecule has 2 aliphatic rings. The van der Waals surface area contributed by atoms with E-state index in [2.05, 4.69) is 31.4 Å². The Hall–Kier alpha value is -7.24. The molecule has 1 saturated heterocycles. The number of thiazole rings is 1. The molecule has 21 nitrogen and oxygen atoms in total. The number of carbonyl (C=O) groups excluding carboxylic acids is 6. The largest absolute Gasteiger partial charge is 0.507 e. The molecule has 1 aliphatic carbocycles. The van der Waals surface area contributed by atoms with E-state index in [0.29, 0.717) is 17.7 Å². The van der Waals surface area contributed by atoms with Crippen LogP contribution in [-0.4, -0.2) is 157 Å². The Labute approximate surface area is 451 Å². The van der Waals surface area contributed by atoms with Crippen LogP contribution in [0.4, 0.5) is 0 Å². The number of likely N-dealkylation sites (tertiary alicyclic amines) is 1. The van der Waals surface area contributed by atoms with Gasteiger partial charge in [0.2, 0.25) is 17.7 Å². The summed E-state index contributed by atoms with van der Waals surface area (Å²) in [6.07, 6.45) is 0.583. The normalized spacial score (nSPS) is 16.4. The van der Waals surface area contributed by atoms with Crippen LogP contribution < -0.4 is 26.0 Å². The van der Waals surface area contributed by atoms with Crippen molar-refractivity contribution in [2.75, 3.05) is 73.4 Å². The molecule has 3 heterocycles. The summed E-state index contributed by atoms with van der Waals surface area (Å²) in [5, 5.41) is 36.4. The van der Waals surface area contributed by atoms with Gasteiger partial charge < -0.3 is 64.8 Å². The Morgan fingerprint density at radius 2 is 1.60 bits per heavy atom. The van der Waals surface area contributed by atoms with Crippen LogP contribution in [0.2, 0.25) is 0 Å². The van der Waals surface area contributed by atoms with E-state index in [1.165, 1.54) is 28.0 Å². The lowest BCUT2D eigenvalue weighted by Crippen LogP contribution is -2.57. The molecule has 2 aromatic heterocycles. The molecular weight excluding hydrogens is 1010 g/mol. The number of aromatic hydroxyl groups is 1. The SMILES string of the molecule is Cc1ncsc1-c1ccc(CNC(=O)[C@@H]2C[C@@H](O)CN2C(=O)[C@@H](NC(=O)CCOCCOCCOCCNC(=O)COc2ccc3c(c2)[C@H](NC(=O)c2cc(-c4ccc(C(=O)N(C)C)c(O)c4)on2)CC3)C(C)(C)C)cc1. The number of hydrogen-bond donors (Lipinski definition) is 6. The van der Waals surface area contributed by atoms with Gasteiger partial charge in [0.15, 0.2) is 18.1 Å². The van der Waals surface area contributed by atoms with Crippen molar-refractivity contribution in [2.24, 2.45) is 5.41 Å². The van der Waals surface area contributed by atoms with Crippen LogP contribution in [0.5, 0.6) is 11.5 Å². The number of rotatable bonds is 25. The minimum Gasteiger partial charge on any atom is -0.507 e. The first-order chi connectivity index (χ1) is 36.9. The molecule has 1 fully saturated rings. The summed E-state index contributed by atoms with van der Waals surface area (Å²) >= 11 is 1.56. The van der Waals surface area contributed by atoms with E-state index in [1.807, 2.05) is 64.1 Å². The molecule has 4 atom stereocenters. The van der Waals surface area contributed by atoms with Gasteiger partial charge in [0.25, 0.3) is 17.7 Å². The van der Waals surface area contributed by atoms with Gasteiger partial charge in [-0.05, 0) is 71.7 Å². The van der Waals surface area contributed by atoms with Crippen LogP contribution in [0.15, 0.2) is 76.8 Å². The minimum atomic E-state index is -0.958. The Morgan fingerprint density at radius 3 is 2.29 bits per heavy atom. The summed E-state index contributed by atoms with van der Waals surface area (Å²) in [5.74, 6) is -1.88. The number of amides is 6. The van der Waals surface area contributed by atoms with Crippen molar-refractivity contribution in [2.45, 2.75) is 84.2 Å². The van der Waals surface area contributed by atoms with Gasteiger partial charge in [0.1, 0.15) is 23.6 Å². The average Bonchev–Trinajstić information content (AvgIpc) is 4.25. The van der Waals surface area contributed by atoms with Crippen LogP contribution in [0.3, 0.4) is 0 Å². The van der Waals surface area contributed by atoms with Crippen LogP contribution >= 0.6 is 11.3 Å². The summed E-state index contributed by atoms with van der Waals surface area (Å²) in [6, 6.07) is 17.1. The molecule has 5 aromatic rings. The van der Waals surface area contributed by atoms with Crippen molar-refractivity contribution in [1.82, 2.24) is 41.2 Å². The number of β-amino-alcohol motifs (C(OH)–C–C–N with tert-alkyl or cyclic N) is 1. The molecule has 0 saturated carbocycles. The summed E-state index contributed by atoms with van der Waals surface area (Å²) in [6.45, 7) is 9.04. The fourth-order valence-corrected chi connectivity index (χ4v) is 9.67. The first-order valence-corrected chi connectivity index (χ1v) is 26.4. The zero-order valence-corrected chi connectivity index (χ0v) is 45.0. The number of carbonyl (C=O) groups is 6. The van der Waals surface area contributed by atoms with E-state index in [0.717, 1.165) is 39.2 Å². The van der Waals surface area contributed by atoms with Crippen LogP contribution in [0, 0.1) is 12.3 Å². The van der Waals surface area contributed by atoms with E-state index in [4.69, 9.17) is 23.5 Å². The lowest BCUT2D eigenvalue weighted by atomic mass is 9.85. The second kappa shape index (κ2) is 26.7. The number of phenolic OH excluding ortho intramolecular Hbond substituents is 1. The maximum atomic E-state index is 14.0. The number of aliphatic hydroxyl groups is 1. The Kier molecular flexibility index (Phi) is 19.9. The Bertz CT molecular complexity index is 2860. The number of phenols is 1. The van der Waals surface area contributed by atoms with Crippen molar-refractivity contribution in [3.63, 3.8) is 0 Å². The number of hydrogen-bond acceptors (Lipinski definition) is 16. The molecule has 3 aromatic carbocycles. The van der Waals surface area contributed by atoms with Crippen molar-refractivity contribution in [3.05, 3.63) is 106 Å². The van der Waals surface area contributed by atoms with Gasteiger partial charge in [-0.1, -0.05) is 62.3 Å². The monoisotopic (exact) mass is 1080 g/mol. The maximum Gasteiger partial charge on any atom is 0.273 e. The second-order valence-corrected chi connectivity index (χ2v) is 21.0. The van der Waals surface area contributed by atoms with Crippen molar-refractivity contribution >= 4 is 46.8 Å². The summed E-state index contributed by atoms with van der Waals surface area (Å²) in [4.78, 5) is 86.6. The average molecular weight is 1080 g/mol. The maximum absolute atomic E-state index is 14.0. The predicted octanol–water partition coefficient (Wildman–Crippen LogP) is 4.34. The number of nitrogens with one attached hydrogen (secondary N) is 4. The standard InChI is InChI=1S/C55H68N8O13S/c1-33-49(77-32-58-33)36-9-7-34(8-10-36)29-57-52(69)44-26-38(64)30-63(44)54(71)50(55(2,3)4)60-47(66)17-19-72-21-23-74-24-22-73-20-18-56-48(67)31-75-39-14-11-35-13-16-42(41(35)27-39)59-51(68)43-28-46(76-61-43)37-12-15-40(45(65)25-37)53(70)62(5)6/h7-12,14-15,25,27-28,32,38,42,44,50,64-65H,13,16-24,26,29-31H2,1-6H3,(H,56,67)(H,57,69)(H,59,68)(H,60,66)/t38-,42-,44+,50-/m1/s1. The third-order valence-corrected chi connectivity index (χ3v) is 14.0. The van der Waals surface area contributed by atoms with Gasteiger partial charge in [-0.3, -0.25) is 28.8 Å². The van der Waals surface area contributed by atoms with Crippen LogP contribution in [0.1, 0.15) is 89.3 Å². The molecular formula is C55H68N8O13S. The first-order valence-electron chi connectivity index (χ1n) is 25.5. The summed E-state index contributed by atoms with van der Waals surface area (Å²) < 4.78 is 27.9. The number of aromatic nitrogens is 2. The topological polar surface area (TPSA) is 273 Å². The molecule has 1 aliphatic heterocycles. The zero-order valence-electron chi connectivity index (χ0n) is 44.2. The smallest absolute Gasteiger partial charge is 0.273 e. The van der Waals surface area contributed by atoms with Gasteiger partial charge in [-0.15, -0.1) is 11.3 Å². The third-order valence-electron chi connectivity index (χ3n) is 13.0. The van der Waals surface area contributed by atoms with E-state index < -0.39 is 41.3 Å². The number of aliphatic hydroxyl groups excluding tert-OH is 1. The fourth-order valence-electron chi connectivity index (χ4n) is 8.86. The number of aryl methyl sites for hydroxylation is 2. The molecule has 0 unspecified atom stereocenters. The van der Waals surface area contributed by atoms with Crippen molar-refractivity contribution in [1.29, 1.82) is 0 Å². The summed E-state index contributed by atoms with van der Waals surface area (Å²) in [5.41, 5.74) is 6.51. The Morgan fingerprint density at radius 1 is 0.883 bits per heavy atom. The molecule has 77 heavy (non-hydrogen) atoms. The third kappa shape index (κ3) is 15.7. The minimum absolute atomic E-state index is 0.00947. The lowest BCUT2D eigenvalue weighted by molar-refractivity contribution is -0.144. The fraction of sp³-hybridized carbons (Fsp3) is 0.455. The van der Waals surface area contributed by atoms with Gasteiger partial charge in [0.05, 0.1) is 73.4 Å². The van der Waals surface area contributed by atoms with Gasteiger partial charge >= 0.3 is 0 Å². The van der Waals surface area contributed by atoms with E-state index in [1.54, 1.807) is 43.1 Å². The molecule has 7 rings (SSSR count). The van der Waals surface area contributed by atoms with E-state index in [9.17, 15) is 39.0 Å². The highest BCUT2D eigenvalue weighted by Gasteiger charge is 2.44. The molecule has 6 amide bonds. The van der Waals surface area contributed by atoms with Crippen molar-refractivity contribution in [3.8, 4) is 33.3 Å². The van der Waals surface area contributed by atoms with Gasteiger partial charge in [-0.25, -0.2) is 4.98 Å². The van der Waals surface area contributed by atoms with E-state index in [-0.39, 0.29) is 125 Å². The molecule has 22 heteroatoms. The molecule has 412 valence electrons. The first kappa shape index (κ1) is 57.5. The van der Waals surface area contributed by atoms with Gasteiger partial charge in [0, 0.05) is 58.2 Å². The number of nitrogens with zero attached hydrogens (tertiary/aromatic N) is 4. The lowest BCUT2D eigenvalue weighted by Gasteiger charge is -2.35. The predicted molar refractivity (Wildman–Crippen MR) is 284 cm³/mol. The highest BCUT2D eigenvalue weighted by atomic mass is 32.1. The second-order valence-electron chi connectivity index (χ2n) is 20.1. The highest BCUT2D eigenvalue weighted by Crippen LogP contribution is 2.35. The molecule has 0 radical (unpaired) electrons. The summed E-state index contributed by atoms with van der Waals surface area (Å²) in [7, 11) is 3.17. The highest BCUT2D eigenvalue weighted by molar-refractivity contribution is 7.13. The molecule has 0 spiro atoms. The van der Waals surface area contributed by atoms with E-state index >= 15 is 0 Å². The van der Waals surface area contributed by atoms with Crippen molar-refractivity contribution < 1.29 is 62.5 Å². The Balaban J connectivity index is 0.728. The zero-order chi connectivity index (χ0) is 55.2. The van der Waals surface area contributed by atoms with Crippen LogP contribution in [-0.2, 0) is 46.4 Å². The number of fused-ring (bicyclic) bond motifs is 1. The molecule has 6 N–H and O–H groups in total. The number of benzene rings is 3.